The molecule has 1 atom stereocenters. The van der Waals surface area contributed by atoms with E-state index in [1.807, 2.05) is 0 Å². The predicted molar refractivity (Wildman–Crippen MR) is 153 cm³/mol. The van der Waals surface area contributed by atoms with Crippen LogP contribution in [0.25, 0.3) is 0 Å². The van der Waals surface area contributed by atoms with Crippen molar-refractivity contribution in [2.45, 2.75) is 148 Å². The molecule has 5 heteroatoms. The zero-order valence-corrected chi connectivity index (χ0v) is 29.5. The molecule has 202 valence electrons. The Morgan fingerprint density at radius 3 is 1.70 bits per heavy atom. The molecular formula is C28H56Cl2P2Pt. The molecule has 0 saturated heterocycles. The third kappa shape index (κ3) is 11.0. The van der Waals surface area contributed by atoms with Crippen LogP contribution in [0.5, 0.6) is 0 Å². The van der Waals surface area contributed by atoms with Crippen molar-refractivity contribution in [2.75, 3.05) is 12.3 Å². The van der Waals surface area contributed by atoms with Crippen molar-refractivity contribution in [1.82, 2.24) is 0 Å². The first-order chi connectivity index (χ1) is 14.4. The van der Waals surface area contributed by atoms with Gasteiger partial charge in [0.05, 0.1) is 16.5 Å². The maximum absolute atomic E-state index is 4.61. The number of halogens is 2. The van der Waals surface area contributed by atoms with Gasteiger partial charge in [-0.1, -0.05) is 68.0 Å². The molecule has 0 amide bonds. The molecule has 1 aliphatic carbocycles. The first-order valence-electron chi connectivity index (χ1n) is 12.7. The minimum atomic E-state index is -1.21. The van der Waals surface area contributed by atoms with Gasteiger partial charge in [-0.3, -0.25) is 6.42 Å². The topological polar surface area (TPSA) is 0 Å². The zero-order chi connectivity index (χ0) is 25.4. The second-order valence-corrected chi connectivity index (χ2v) is 23.1. The van der Waals surface area contributed by atoms with E-state index < -0.39 is 7.26 Å². The predicted octanol–water partition coefficient (Wildman–Crippen LogP) is 7.85. The van der Waals surface area contributed by atoms with E-state index >= 15 is 0 Å². The Bertz CT molecular complexity index is 520. The van der Waals surface area contributed by atoms with Crippen LogP contribution in [-0.2, 0) is 18.8 Å². The van der Waals surface area contributed by atoms with Crippen LogP contribution in [0.1, 0.15) is 122 Å². The fourth-order valence-corrected chi connectivity index (χ4v) is 17.9. The SMILES string of the molecule is CC(C)(C)P(CCCC[P+](C1[CH-]CC/C=C\CC1)(C(C)(C)C)C(C)(C)C)C(C)(C)C.[Cl-].[Cl][Pt+]. The quantitative estimate of drug-likeness (QED) is 0.114. The fraction of sp³-hybridized carbons (Fsp3) is 0.893. The van der Waals surface area contributed by atoms with Gasteiger partial charge in [0.1, 0.15) is 0 Å². The van der Waals surface area contributed by atoms with E-state index in [2.05, 4.69) is 111 Å². The molecule has 0 saturated carbocycles. The Morgan fingerprint density at radius 1 is 0.818 bits per heavy atom. The van der Waals surface area contributed by atoms with Crippen molar-refractivity contribution >= 4 is 24.6 Å². The van der Waals surface area contributed by atoms with Gasteiger partial charge in [-0.25, -0.2) is 0 Å². The van der Waals surface area contributed by atoms with Crippen LogP contribution in [0.2, 0.25) is 0 Å². The molecule has 0 aliphatic heterocycles. The van der Waals surface area contributed by atoms with E-state index in [1.54, 1.807) is 18.8 Å². The Hall–Kier alpha value is 1.87. The first kappa shape index (κ1) is 37.0. The molecule has 33 heavy (non-hydrogen) atoms. The number of allylic oxidation sites excluding steroid dienone is 2. The molecule has 0 fully saturated rings. The molecule has 0 N–H and O–H groups in total. The van der Waals surface area contributed by atoms with Crippen LogP contribution in [-0.4, -0.2) is 38.6 Å². The Labute approximate surface area is 233 Å². The van der Waals surface area contributed by atoms with Gasteiger partial charge < -0.3 is 12.4 Å². The minimum absolute atomic E-state index is 0. The molecule has 0 radical (unpaired) electrons. The van der Waals surface area contributed by atoms with Gasteiger partial charge in [-0.05, 0) is 96.6 Å². The van der Waals surface area contributed by atoms with Crippen molar-refractivity contribution in [3.05, 3.63) is 18.6 Å². The van der Waals surface area contributed by atoms with E-state index in [0.29, 0.717) is 20.6 Å². The average molecular weight is 721 g/mol. The summed E-state index contributed by atoms with van der Waals surface area (Å²) in [4.78, 5) is 0. The van der Waals surface area contributed by atoms with Crippen LogP contribution >= 0.6 is 24.6 Å². The van der Waals surface area contributed by atoms with Crippen LogP contribution in [0.15, 0.2) is 12.2 Å². The van der Waals surface area contributed by atoms with Gasteiger partial charge in [0.2, 0.25) is 0 Å². The van der Waals surface area contributed by atoms with Crippen molar-refractivity contribution in [3.63, 3.8) is 0 Å². The van der Waals surface area contributed by atoms with Crippen LogP contribution in [0, 0.1) is 6.42 Å². The second-order valence-electron chi connectivity index (χ2n) is 13.6. The number of hydrogen-bond donors (Lipinski definition) is 0. The van der Waals surface area contributed by atoms with E-state index in [-0.39, 0.29) is 20.3 Å². The molecule has 0 heterocycles. The molecule has 0 spiro atoms. The summed E-state index contributed by atoms with van der Waals surface area (Å²) >= 11 is 1.61. The Kier molecular flexibility index (Phi) is 17.2. The second kappa shape index (κ2) is 15.3. The van der Waals surface area contributed by atoms with Crippen molar-refractivity contribution in [2.24, 2.45) is 0 Å². The fourth-order valence-electron chi connectivity index (χ4n) is 6.55. The average Bonchev–Trinajstić information content (AvgIpc) is 2.56. The summed E-state index contributed by atoms with van der Waals surface area (Å²) in [6.45, 7) is 30.3. The van der Waals surface area contributed by atoms with E-state index in [1.165, 1.54) is 50.8 Å². The van der Waals surface area contributed by atoms with Crippen molar-refractivity contribution < 1.29 is 31.2 Å². The summed E-state index contributed by atoms with van der Waals surface area (Å²) in [5.41, 5.74) is 0.828. The maximum atomic E-state index is 4.61. The van der Waals surface area contributed by atoms with E-state index in [4.69, 9.17) is 0 Å². The number of hydrogen-bond acceptors (Lipinski definition) is 0. The first-order valence-corrected chi connectivity index (χ1v) is 19.1. The summed E-state index contributed by atoms with van der Waals surface area (Å²) < 4.78 is 0. The van der Waals surface area contributed by atoms with Gasteiger partial charge in [-0.2, -0.15) is 6.42 Å². The van der Waals surface area contributed by atoms with E-state index in [0.717, 1.165) is 5.66 Å². The molecule has 0 aromatic carbocycles. The van der Waals surface area contributed by atoms with Gasteiger partial charge >= 0.3 is 28.2 Å². The molecule has 1 unspecified atom stereocenters. The van der Waals surface area contributed by atoms with Gasteiger partial charge in [0.25, 0.3) is 0 Å². The molecule has 1 rings (SSSR count). The Morgan fingerprint density at radius 2 is 1.27 bits per heavy atom. The standard InChI is InChI=1S/C28H56P2.2ClH.Pt/c1-25(2,3)29(26(4,5)6)22-18-19-23-30(27(7,8)9,28(10,11)12)24-20-16-14-13-15-17-21-24;;;/h13-14,21,24H,15-20,22-23H2,1-12H3;2*1H;/q;;;+2/p-2/b14-13-;;;. The molecular weight excluding hydrogens is 664 g/mol. The summed E-state index contributed by atoms with van der Waals surface area (Å²) in [6, 6.07) is 0. The van der Waals surface area contributed by atoms with Crippen LogP contribution in [0.4, 0.5) is 0 Å². The number of rotatable bonds is 6. The zero-order valence-electron chi connectivity index (χ0n) is 23.9. The van der Waals surface area contributed by atoms with Gasteiger partial charge in [-0.15, -0.1) is 0 Å². The molecule has 0 nitrogen and oxygen atoms in total. The molecule has 1 aliphatic rings. The van der Waals surface area contributed by atoms with Gasteiger partial charge in [0, 0.05) is 0 Å². The third-order valence-electron chi connectivity index (χ3n) is 7.29. The summed E-state index contributed by atoms with van der Waals surface area (Å²) in [5.74, 6) is 0. The van der Waals surface area contributed by atoms with E-state index in [9.17, 15) is 0 Å². The summed E-state index contributed by atoms with van der Waals surface area (Å²) in [6.07, 6.45) is 18.5. The van der Waals surface area contributed by atoms with Crippen LogP contribution < -0.4 is 12.4 Å². The van der Waals surface area contributed by atoms with Crippen LogP contribution in [0.3, 0.4) is 0 Å². The normalized spacial score (nSPS) is 19.7. The third-order valence-corrected chi connectivity index (χ3v) is 18.7. The Balaban J connectivity index is 0. The molecule has 0 bridgehead atoms. The van der Waals surface area contributed by atoms with Crippen molar-refractivity contribution in [1.29, 1.82) is 0 Å². The summed E-state index contributed by atoms with van der Waals surface area (Å²) in [5, 5.41) is 1.73. The van der Waals surface area contributed by atoms with Crippen molar-refractivity contribution in [3.8, 4) is 0 Å². The van der Waals surface area contributed by atoms with Gasteiger partial charge in [0.15, 0.2) is 0 Å². The number of unbranched alkanes of at least 4 members (excludes halogenated alkanes) is 1. The molecule has 0 aromatic rings. The summed E-state index contributed by atoms with van der Waals surface area (Å²) in [7, 11) is 3.43. The monoisotopic (exact) mass is 719 g/mol. The molecule has 0 aromatic heterocycles.